The molecule has 0 bridgehead atoms. The fraction of sp³-hybridized carbons (Fsp3) is 0.375. The predicted molar refractivity (Wildman–Crippen MR) is 39.6 cm³/mol. The van der Waals surface area contributed by atoms with E-state index in [9.17, 15) is 0 Å². The third-order valence-electron chi connectivity index (χ3n) is 1.54. The van der Waals surface area contributed by atoms with E-state index in [0.717, 1.165) is 5.69 Å². The van der Waals surface area contributed by atoms with Crippen LogP contribution in [0.3, 0.4) is 0 Å². The van der Waals surface area contributed by atoms with Crippen LogP contribution in [-0.2, 0) is 13.2 Å². The lowest BCUT2D eigenvalue weighted by atomic mass is 10.3. The highest BCUT2D eigenvalue weighted by atomic mass is 35.5. The number of aliphatic hydroxyl groups excluding tert-OH is 2. The molecule has 1 rings (SSSR count). The van der Waals surface area contributed by atoms with Crippen molar-refractivity contribution in [3.8, 4) is 0 Å². The van der Waals surface area contributed by atoms with E-state index in [2.05, 4.69) is 0 Å². The zero-order chi connectivity index (χ0) is 8.10. The summed E-state index contributed by atoms with van der Waals surface area (Å²) >= 11 is 0. The van der Waals surface area contributed by atoms with Crippen LogP contribution in [0.15, 0.2) is 24.4 Å². The Hall–Kier alpha value is -0.640. The Kier molecular flexibility index (Phi) is 5.62. The van der Waals surface area contributed by atoms with Gasteiger partial charge in [0.1, 0.15) is 13.2 Å². The molecule has 0 aliphatic carbocycles. The molecule has 0 aliphatic heterocycles. The van der Waals surface area contributed by atoms with Gasteiger partial charge in [0.2, 0.25) is 5.69 Å². The van der Waals surface area contributed by atoms with Gasteiger partial charge in [0, 0.05) is 12.1 Å². The minimum absolute atomic E-state index is 0. The molecule has 0 radical (unpaired) electrons. The van der Waals surface area contributed by atoms with Crippen LogP contribution >= 0.6 is 0 Å². The molecule has 0 spiro atoms. The summed E-state index contributed by atoms with van der Waals surface area (Å²) in [5, 5.41) is 17.5. The molecule has 0 atom stereocenters. The van der Waals surface area contributed by atoms with Gasteiger partial charge in [-0.05, 0) is 0 Å². The van der Waals surface area contributed by atoms with Crippen molar-refractivity contribution in [1.82, 2.24) is 0 Å². The third-order valence-corrected chi connectivity index (χ3v) is 1.54. The smallest absolute Gasteiger partial charge is 0.207 e. The Morgan fingerprint density at radius 1 is 1.25 bits per heavy atom. The average molecular weight is 190 g/mol. The first-order chi connectivity index (χ1) is 5.38. The molecule has 0 fully saturated rings. The number of rotatable bonds is 3. The van der Waals surface area contributed by atoms with Crippen molar-refractivity contribution < 1.29 is 27.2 Å². The lowest BCUT2D eigenvalue weighted by molar-refractivity contribution is -0.707. The number of hydrogen-bond acceptors (Lipinski definition) is 2. The Morgan fingerprint density at radius 2 is 2.00 bits per heavy atom. The molecule has 1 aromatic rings. The van der Waals surface area contributed by atoms with Crippen molar-refractivity contribution >= 4 is 0 Å². The predicted octanol–water partition coefficient (Wildman–Crippen LogP) is -3.54. The van der Waals surface area contributed by atoms with Crippen molar-refractivity contribution in [2.24, 2.45) is 0 Å². The van der Waals surface area contributed by atoms with Crippen molar-refractivity contribution in [2.45, 2.75) is 13.2 Å². The van der Waals surface area contributed by atoms with Gasteiger partial charge < -0.3 is 22.6 Å². The maximum absolute atomic E-state index is 8.84. The van der Waals surface area contributed by atoms with Gasteiger partial charge in [0.15, 0.2) is 12.7 Å². The summed E-state index contributed by atoms with van der Waals surface area (Å²) in [5.41, 5.74) is 0.821. The van der Waals surface area contributed by atoms with Crippen LogP contribution in [0, 0.1) is 0 Å². The molecule has 0 saturated carbocycles. The molecule has 1 heterocycles. The Labute approximate surface area is 77.7 Å². The standard InChI is InChI=1S/C8H12NO2.ClH/c10-6-5-9-4-2-1-3-8(9)7-11;/h1-4,10-11H,5-7H2;1H/q+1;/p-1. The normalized spacial score (nSPS) is 9.17. The van der Waals surface area contributed by atoms with Crippen molar-refractivity contribution in [3.05, 3.63) is 30.1 Å². The second kappa shape index (κ2) is 5.94. The van der Waals surface area contributed by atoms with Gasteiger partial charge in [-0.1, -0.05) is 6.07 Å². The summed E-state index contributed by atoms with van der Waals surface area (Å²) in [5.74, 6) is 0. The van der Waals surface area contributed by atoms with Gasteiger partial charge in [0.05, 0.1) is 0 Å². The zero-order valence-corrected chi connectivity index (χ0v) is 7.41. The molecule has 0 aliphatic rings. The highest BCUT2D eigenvalue weighted by Crippen LogP contribution is 1.89. The van der Waals surface area contributed by atoms with Crippen molar-refractivity contribution in [1.29, 1.82) is 0 Å². The zero-order valence-electron chi connectivity index (χ0n) is 6.65. The van der Waals surface area contributed by atoms with Crippen LogP contribution in [0.25, 0.3) is 0 Å². The monoisotopic (exact) mass is 189 g/mol. The van der Waals surface area contributed by atoms with Crippen LogP contribution in [0.2, 0.25) is 0 Å². The number of halogens is 1. The minimum atomic E-state index is 0. The van der Waals surface area contributed by atoms with Crippen LogP contribution in [0.4, 0.5) is 0 Å². The van der Waals surface area contributed by atoms with Gasteiger partial charge >= 0.3 is 0 Å². The SMILES string of the molecule is OCC[n+]1ccccc1CO.[Cl-]. The van der Waals surface area contributed by atoms with Crippen LogP contribution in [-0.4, -0.2) is 16.8 Å². The molecule has 4 heteroatoms. The molecular formula is C8H12ClNO2. The third kappa shape index (κ3) is 2.77. The molecule has 12 heavy (non-hydrogen) atoms. The molecule has 0 unspecified atom stereocenters. The van der Waals surface area contributed by atoms with Gasteiger partial charge in [-0.25, -0.2) is 0 Å². The number of aromatic nitrogens is 1. The first kappa shape index (κ1) is 11.4. The van der Waals surface area contributed by atoms with E-state index in [4.69, 9.17) is 10.2 Å². The number of nitrogens with zero attached hydrogens (tertiary/aromatic N) is 1. The van der Waals surface area contributed by atoms with Crippen molar-refractivity contribution in [3.63, 3.8) is 0 Å². The molecule has 3 nitrogen and oxygen atoms in total. The van der Waals surface area contributed by atoms with E-state index >= 15 is 0 Å². The number of pyridine rings is 1. The molecule has 68 valence electrons. The van der Waals surface area contributed by atoms with E-state index in [1.54, 1.807) is 0 Å². The van der Waals surface area contributed by atoms with E-state index in [-0.39, 0.29) is 25.6 Å². The number of hydrogen-bond donors (Lipinski definition) is 2. The van der Waals surface area contributed by atoms with E-state index in [1.807, 2.05) is 29.0 Å². The summed E-state index contributed by atoms with van der Waals surface area (Å²) in [7, 11) is 0. The topological polar surface area (TPSA) is 44.3 Å². The molecule has 0 aromatic carbocycles. The van der Waals surface area contributed by atoms with Crippen molar-refractivity contribution in [2.75, 3.05) is 6.61 Å². The van der Waals surface area contributed by atoms with E-state index < -0.39 is 0 Å². The van der Waals surface area contributed by atoms with Crippen LogP contribution < -0.4 is 17.0 Å². The fourth-order valence-corrected chi connectivity index (χ4v) is 0.981. The maximum atomic E-state index is 8.84. The summed E-state index contributed by atoms with van der Waals surface area (Å²) in [6.45, 7) is 0.652. The molecule has 1 aromatic heterocycles. The summed E-state index contributed by atoms with van der Waals surface area (Å²) in [6.07, 6.45) is 1.84. The summed E-state index contributed by atoms with van der Waals surface area (Å²) in [4.78, 5) is 0. The van der Waals surface area contributed by atoms with Crippen LogP contribution in [0.5, 0.6) is 0 Å². The number of aliphatic hydroxyl groups is 2. The average Bonchev–Trinajstić information content (AvgIpc) is 2.06. The minimum Gasteiger partial charge on any atom is -1.00 e. The molecule has 0 amide bonds. The lowest BCUT2D eigenvalue weighted by Crippen LogP contribution is -3.00. The largest absolute Gasteiger partial charge is 1.00 e. The van der Waals surface area contributed by atoms with Crippen LogP contribution in [0.1, 0.15) is 5.69 Å². The summed E-state index contributed by atoms with van der Waals surface area (Å²) in [6, 6.07) is 5.56. The summed E-state index contributed by atoms with van der Waals surface area (Å²) < 4.78 is 1.82. The first-order valence-corrected chi connectivity index (χ1v) is 3.57. The first-order valence-electron chi connectivity index (χ1n) is 3.57. The highest BCUT2D eigenvalue weighted by Gasteiger charge is 2.05. The maximum Gasteiger partial charge on any atom is 0.207 e. The second-order valence-electron chi connectivity index (χ2n) is 2.27. The quantitative estimate of drug-likeness (QED) is 0.484. The Morgan fingerprint density at radius 3 is 2.58 bits per heavy atom. The molecule has 2 N–H and O–H groups in total. The lowest BCUT2D eigenvalue weighted by Gasteiger charge is -1.97. The molecular weight excluding hydrogens is 178 g/mol. The Bertz CT molecular complexity index is 230. The van der Waals surface area contributed by atoms with Gasteiger partial charge in [-0.15, -0.1) is 0 Å². The Balaban J connectivity index is 0.00000121. The second-order valence-corrected chi connectivity index (χ2v) is 2.27. The van der Waals surface area contributed by atoms with Gasteiger partial charge in [-0.3, -0.25) is 0 Å². The van der Waals surface area contributed by atoms with E-state index in [0.29, 0.717) is 6.54 Å². The van der Waals surface area contributed by atoms with Gasteiger partial charge in [0.25, 0.3) is 0 Å². The van der Waals surface area contributed by atoms with E-state index in [1.165, 1.54) is 0 Å². The highest BCUT2D eigenvalue weighted by molar-refractivity contribution is 4.95. The van der Waals surface area contributed by atoms with Gasteiger partial charge in [-0.2, -0.15) is 4.57 Å². The fourth-order valence-electron chi connectivity index (χ4n) is 0.981. The molecule has 0 saturated heterocycles.